The van der Waals surface area contributed by atoms with Gasteiger partial charge in [-0.3, -0.25) is 4.79 Å². The molecule has 1 aromatic heterocycles. The van der Waals surface area contributed by atoms with Crippen molar-refractivity contribution < 1.29 is 19.1 Å². The number of benzene rings is 1. The number of fused-ring (bicyclic) bond motifs is 5. The summed E-state index contributed by atoms with van der Waals surface area (Å²) in [6.07, 6.45) is 5.30. The van der Waals surface area contributed by atoms with Crippen LogP contribution in [0.3, 0.4) is 0 Å². The number of ether oxygens (including phenoxy) is 2. The Bertz CT molecular complexity index is 976. The van der Waals surface area contributed by atoms with Gasteiger partial charge in [0.1, 0.15) is 0 Å². The van der Waals surface area contributed by atoms with Crippen molar-refractivity contribution in [1.82, 2.24) is 9.88 Å². The molecule has 3 heterocycles. The molecule has 0 unspecified atom stereocenters. The summed E-state index contributed by atoms with van der Waals surface area (Å²) in [5.74, 6) is -0.506. The Hall–Kier alpha value is -2.76. The molecule has 6 nitrogen and oxygen atoms in total. The number of para-hydroxylation sites is 1. The molecule has 2 aliphatic heterocycles. The van der Waals surface area contributed by atoms with Crippen molar-refractivity contribution in [2.75, 3.05) is 20.8 Å². The summed E-state index contributed by atoms with van der Waals surface area (Å²) < 4.78 is 9.95. The first-order valence-corrected chi connectivity index (χ1v) is 10.2. The maximum absolute atomic E-state index is 12.4. The van der Waals surface area contributed by atoms with Gasteiger partial charge < -0.3 is 19.4 Å². The average molecular weight is 396 g/mol. The second-order valence-electron chi connectivity index (χ2n) is 8.07. The highest BCUT2D eigenvalue weighted by Crippen LogP contribution is 2.54. The Morgan fingerprint density at radius 1 is 1.24 bits per heavy atom. The van der Waals surface area contributed by atoms with Crippen LogP contribution in [-0.2, 0) is 25.5 Å². The van der Waals surface area contributed by atoms with Crippen LogP contribution in [0.1, 0.15) is 49.9 Å². The van der Waals surface area contributed by atoms with E-state index in [-0.39, 0.29) is 23.4 Å². The van der Waals surface area contributed by atoms with E-state index in [2.05, 4.69) is 35.0 Å². The van der Waals surface area contributed by atoms with Crippen molar-refractivity contribution in [2.45, 2.75) is 45.1 Å². The van der Waals surface area contributed by atoms with Crippen molar-refractivity contribution in [3.63, 3.8) is 0 Å². The van der Waals surface area contributed by atoms with E-state index < -0.39 is 0 Å². The van der Waals surface area contributed by atoms with Gasteiger partial charge in [0.2, 0.25) is 0 Å². The highest BCUT2D eigenvalue weighted by molar-refractivity contribution is 5.89. The van der Waals surface area contributed by atoms with E-state index >= 15 is 0 Å². The summed E-state index contributed by atoms with van der Waals surface area (Å²) in [5.41, 5.74) is 4.12. The fourth-order valence-corrected chi connectivity index (χ4v) is 5.21. The number of aromatic nitrogens is 1. The molecule has 2 aromatic rings. The number of H-pyrrole nitrogens is 1. The molecule has 4 rings (SSSR count). The predicted octanol–water partition coefficient (Wildman–Crippen LogP) is 3.88. The van der Waals surface area contributed by atoms with E-state index in [0.29, 0.717) is 24.8 Å². The van der Waals surface area contributed by atoms with Crippen LogP contribution in [0.25, 0.3) is 10.9 Å². The lowest BCUT2D eigenvalue weighted by Crippen LogP contribution is -2.47. The molecule has 0 amide bonds. The van der Waals surface area contributed by atoms with Gasteiger partial charge in [0, 0.05) is 41.2 Å². The molecule has 1 aromatic carbocycles. The second kappa shape index (κ2) is 7.58. The third kappa shape index (κ3) is 3.20. The van der Waals surface area contributed by atoms with E-state index in [1.165, 1.54) is 30.9 Å². The number of nitrogens with one attached hydrogen (secondary N) is 1. The summed E-state index contributed by atoms with van der Waals surface area (Å²) in [4.78, 5) is 30.3. The number of hydrogen-bond acceptors (Lipinski definition) is 5. The van der Waals surface area contributed by atoms with Crippen LogP contribution in [0.15, 0.2) is 36.0 Å². The lowest BCUT2D eigenvalue weighted by Gasteiger charge is -2.51. The average Bonchev–Trinajstić information content (AvgIpc) is 3.14. The second-order valence-corrected chi connectivity index (χ2v) is 8.07. The molecule has 0 fully saturated rings. The van der Waals surface area contributed by atoms with Crippen LogP contribution in [0.2, 0.25) is 0 Å². The van der Waals surface area contributed by atoms with Gasteiger partial charge in [-0.1, -0.05) is 25.1 Å². The highest BCUT2D eigenvalue weighted by Gasteiger charge is 2.48. The van der Waals surface area contributed by atoms with Gasteiger partial charge in [0.25, 0.3) is 0 Å². The van der Waals surface area contributed by atoms with Gasteiger partial charge in [-0.2, -0.15) is 0 Å². The molecule has 0 spiro atoms. The summed E-state index contributed by atoms with van der Waals surface area (Å²) in [6.45, 7) is 2.98. The van der Waals surface area contributed by atoms with E-state index in [4.69, 9.17) is 9.47 Å². The van der Waals surface area contributed by atoms with Crippen LogP contribution < -0.4 is 0 Å². The summed E-state index contributed by atoms with van der Waals surface area (Å²) in [5, 5.41) is 1.27. The maximum atomic E-state index is 12.4. The fraction of sp³-hybridized carbons (Fsp3) is 0.478. The van der Waals surface area contributed by atoms with Crippen molar-refractivity contribution in [1.29, 1.82) is 0 Å². The zero-order valence-electron chi connectivity index (χ0n) is 17.3. The van der Waals surface area contributed by atoms with Crippen molar-refractivity contribution in [3.8, 4) is 0 Å². The van der Waals surface area contributed by atoms with E-state index in [9.17, 15) is 9.59 Å². The summed E-state index contributed by atoms with van der Waals surface area (Å²) in [7, 11) is 2.84. The number of carbonyl (C=O) groups excluding carboxylic acids is 2. The SMILES string of the molecule is CC[C@]1(CCC(=O)OC)CC(C(=O)OC)=CN2CCc3c([nH]c4ccccc34)[C@H]21. The molecule has 29 heavy (non-hydrogen) atoms. The minimum Gasteiger partial charge on any atom is -0.469 e. The largest absolute Gasteiger partial charge is 0.469 e. The molecule has 0 saturated carbocycles. The normalized spacial score (nSPS) is 23.2. The van der Waals surface area contributed by atoms with Crippen LogP contribution in [0, 0.1) is 5.41 Å². The number of carbonyl (C=O) groups is 2. The number of nitrogens with zero attached hydrogens (tertiary/aromatic N) is 1. The van der Waals surface area contributed by atoms with Crippen LogP contribution in [-0.4, -0.2) is 42.6 Å². The third-order valence-electron chi connectivity index (χ3n) is 6.72. The Labute approximate surface area is 170 Å². The molecule has 1 N–H and O–H groups in total. The first kappa shape index (κ1) is 19.6. The minimum absolute atomic E-state index is 0.0849. The summed E-state index contributed by atoms with van der Waals surface area (Å²) in [6, 6.07) is 8.48. The zero-order valence-corrected chi connectivity index (χ0v) is 17.3. The molecule has 0 bridgehead atoms. The first-order valence-electron chi connectivity index (χ1n) is 10.2. The number of esters is 2. The Morgan fingerprint density at radius 2 is 2.03 bits per heavy atom. The van der Waals surface area contributed by atoms with Gasteiger partial charge in [-0.25, -0.2) is 4.79 Å². The van der Waals surface area contributed by atoms with E-state index in [1.54, 1.807) is 0 Å². The monoisotopic (exact) mass is 396 g/mol. The van der Waals surface area contributed by atoms with Crippen LogP contribution in [0.5, 0.6) is 0 Å². The molecule has 0 saturated heterocycles. The number of rotatable bonds is 5. The molecule has 6 heteroatoms. The highest BCUT2D eigenvalue weighted by atomic mass is 16.5. The molecule has 2 aliphatic rings. The molecular weight excluding hydrogens is 368 g/mol. The zero-order chi connectivity index (χ0) is 20.6. The maximum Gasteiger partial charge on any atom is 0.335 e. The van der Waals surface area contributed by atoms with Gasteiger partial charge in [0.05, 0.1) is 25.8 Å². The molecule has 154 valence electrons. The fourth-order valence-electron chi connectivity index (χ4n) is 5.21. The van der Waals surface area contributed by atoms with Gasteiger partial charge in [-0.05, 0) is 37.3 Å². The van der Waals surface area contributed by atoms with E-state index in [1.807, 2.05) is 12.3 Å². The molecule has 0 radical (unpaired) electrons. The lowest BCUT2D eigenvalue weighted by molar-refractivity contribution is -0.141. The minimum atomic E-state index is -0.290. The quantitative estimate of drug-likeness (QED) is 0.777. The standard InChI is InChI=1S/C23H28N2O4/c1-4-23(11-9-19(26)28-2)13-15(22(27)29-3)14-25-12-10-17-16-7-5-6-8-18(16)24-20(17)21(23)25/h5-8,14,21,24H,4,9-13H2,1-3H3/t21-,23-/m0/s1. The smallest absolute Gasteiger partial charge is 0.335 e. The first-order chi connectivity index (χ1) is 14.0. The van der Waals surface area contributed by atoms with Gasteiger partial charge in [-0.15, -0.1) is 0 Å². The van der Waals surface area contributed by atoms with Crippen molar-refractivity contribution in [3.05, 3.63) is 47.3 Å². The van der Waals surface area contributed by atoms with Crippen molar-refractivity contribution in [2.24, 2.45) is 5.41 Å². The number of hydrogen-bond donors (Lipinski definition) is 1. The lowest BCUT2D eigenvalue weighted by atomic mass is 9.65. The number of methoxy groups -OCH3 is 2. The molecule has 0 aliphatic carbocycles. The van der Waals surface area contributed by atoms with Crippen LogP contribution in [0.4, 0.5) is 0 Å². The Kier molecular flexibility index (Phi) is 5.11. The number of aromatic amines is 1. The Morgan fingerprint density at radius 3 is 2.76 bits per heavy atom. The topological polar surface area (TPSA) is 71.6 Å². The van der Waals surface area contributed by atoms with E-state index in [0.717, 1.165) is 24.9 Å². The van der Waals surface area contributed by atoms with Crippen LogP contribution >= 0.6 is 0 Å². The Balaban J connectivity index is 1.83. The molecular formula is C23H28N2O4. The van der Waals surface area contributed by atoms with Gasteiger partial charge in [0.15, 0.2) is 0 Å². The van der Waals surface area contributed by atoms with Crippen molar-refractivity contribution >= 4 is 22.8 Å². The van der Waals surface area contributed by atoms with Gasteiger partial charge >= 0.3 is 11.9 Å². The predicted molar refractivity (Wildman–Crippen MR) is 110 cm³/mol. The summed E-state index contributed by atoms with van der Waals surface area (Å²) >= 11 is 0. The molecule has 2 atom stereocenters. The third-order valence-corrected chi connectivity index (χ3v) is 6.72.